The minimum absolute atomic E-state index is 1.00. The van der Waals surface area contributed by atoms with Crippen LogP contribution in [-0.2, 0) is 0 Å². The Bertz CT molecular complexity index is 1050. The molecule has 0 amide bonds. The van der Waals surface area contributed by atoms with Crippen LogP contribution >= 0.6 is 0 Å². The van der Waals surface area contributed by atoms with Gasteiger partial charge in [0, 0.05) is 0 Å². The van der Waals surface area contributed by atoms with Gasteiger partial charge in [0.2, 0.25) is 0 Å². The van der Waals surface area contributed by atoms with Gasteiger partial charge in [0.25, 0.3) is 0 Å². The second kappa shape index (κ2) is 6.69. The Morgan fingerprint density at radius 1 is 0.654 bits per heavy atom. The first kappa shape index (κ1) is 17.0. The molecular weight excluding hydrogens is 377 g/mol. The van der Waals surface area contributed by atoms with Gasteiger partial charge in [0.05, 0.1) is 0 Å². The Hall–Kier alpha value is -2.46. The number of nitrogens with zero attached hydrogens (tertiary/aromatic N) is 2. The van der Waals surface area contributed by atoms with E-state index in [0.717, 1.165) is 22.2 Å². The van der Waals surface area contributed by atoms with Crippen LogP contribution in [0.25, 0.3) is 33.3 Å². The molecule has 3 aromatic carbocycles. The monoisotopic (exact) mass is 400 g/mol. The summed E-state index contributed by atoms with van der Waals surface area (Å²) in [6.45, 7) is 0. The predicted octanol–water partition coefficient (Wildman–Crippen LogP) is 5.51. The summed E-state index contributed by atoms with van der Waals surface area (Å²) in [4.78, 5) is 9.10. The molecule has 2 nitrogen and oxygen atoms in total. The van der Waals surface area contributed by atoms with Gasteiger partial charge < -0.3 is 0 Å². The van der Waals surface area contributed by atoms with E-state index in [2.05, 4.69) is 94.0 Å². The maximum atomic E-state index is 4.58. The van der Waals surface area contributed by atoms with Crippen LogP contribution < -0.4 is 4.40 Å². The summed E-state index contributed by atoms with van der Waals surface area (Å²) in [5, 5.41) is 1.12. The number of fused-ring (bicyclic) bond motifs is 1. The quantitative estimate of drug-likeness (QED) is 0.425. The second-order valence-corrected chi connectivity index (χ2v) is 18.3. The van der Waals surface area contributed by atoms with E-state index in [-0.39, 0.29) is 0 Å². The number of hydrogen-bond donors (Lipinski definition) is 0. The zero-order valence-electron chi connectivity index (χ0n) is 15.4. The number of benzene rings is 3. The maximum absolute atomic E-state index is 4.58. The van der Waals surface area contributed by atoms with Crippen molar-refractivity contribution in [1.82, 2.24) is 9.97 Å². The molecule has 0 aliphatic carbocycles. The SMILES string of the molecule is [CH3][Ge]([CH3])([CH3])[c]1ccc2c(-c3ccc(-c4ccccc4)cc3)ncnc2c1. The summed E-state index contributed by atoms with van der Waals surface area (Å²) in [5.74, 6) is 7.22. The van der Waals surface area contributed by atoms with Crippen LogP contribution in [0.1, 0.15) is 0 Å². The third kappa shape index (κ3) is 3.29. The molecule has 0 radical (unpaired) electrons. The van der Waals surface area contributed by atoms with Crippen molar-refractivity contribution in [3.63, 3.8) is 0 Å². The standard InChI is InChI=1S/C23H22GeN2/c1-24(2,3)20-13-14-21-22(15-20)25-16-26-23(21)19-11-9-18(10-12-19)17-7-5-4-6-8-17/h4-16H,1-3H3. The summed E-state index contributed by atoms with van der Waals surface area (Å²) >= 11 is -1.86. The first-order chi connectivity index (χ1) is 12.5. The predicted molar refractivity (Wildman–Crippen MR) is 113 cm³/mol. The van der Waals surface area contributed by atoms with Gasteiger partial charge in [-0.2, -0.15) is 0 Å². The zero-order chi connectivity index (χ0) is 18.1. The van der Waals surface area contributed by atoms with Crippen LogP contribution in [0.3, 0.4) is 0 Å². The molecule has 0 N–H and O–H groups in total. The van der Waals surface area contributed by atoms with Crippen molar-refractivity contribution in [2.75, 3.05) is 0 Å². The molecule has 26 heavy (non-hydrogen) atoms. The molecule has 1 heterocycles. The van der Waals surface area contributed by atoms with Crippen molar-refractivity contribution < 1.29 is 0 Å². The Kier molecular flexibility index (Phi) is 4.37. The number of rotatable bonds is 3. The normalized spacial score (nSPS) is 11.7. The second-order valence-electron chi connectivity index (χ2n) is 7.65. The minimum atomic E-state index is -1.86. The van der Waals surface area contributed by atoms with Crippen molar-refractivity contribution in [2.24, 2.45) is 0 Å². The van der Waals surface area contributed by atoms with Gasteiger partial charge in [0.1, 0.15) is 0 Å². The van der Waals surface area contributed by atoms with Gasteiger partial charge in [-0.3, -0.25) is 0 Å². The molecule has 3 heteroatoms. The Labute approximate surface area is 157 Å². The average molecular weight is 399 g/mol. The van der Waals surface area contributed by atoms with E-state index in [1.54, 1.807) is 6.33 Å². The van der Waals surface area contributed by atoms with Crippen molar-refractivity contribution in [3.05, 3.63) is 79.1 Å². The fourth-order valence-electron chi connectivity index (χ4n) is 3.20. The van der Waals surface area contributed by atoms with E-state index >= 15 is 0 Å². The summed E-state index contributed by atoms with van der Waals surface area (Å²) in [5.41, 5.74) is 5.62. The van der Waals surface area contributed by atoms with Crippen LogP contribution in [0.4, 0.5) is 0 Å². The molecule has 0 aliphatic rings. The van der Waals surface area contributed by atoms with Crippen LogP contribution in [-0.4, -0.2) is 23.2 Å². The van der Waals surface area contributed by atoms with E-state index in [9.17, 15) is 0 Å². The Balaban J connectivity index is 1.77. The number of hydrogen-bond acceptors (Lipinski definition) is 2. The van der Waals surface area contributed by atoms with Crippen LogP contribution in [0, 0.1) is 0 Å². The summed E-state index contributed by atoms with van der Waals surface area (Å²) in [6.07, 6.45) is 1.68. The van der Waals surface area contributed by atoms with E-state index < -0.39 is 13.3 Å². The fourth-order valence-corrected chi connectivity index (χ4v) is 5.62. The summed E-state index contributed by atoms with van der Waals surface area (Å²) in [7, 11) is 0. The van der Waals surface area contributed by atoms with Gasteiger partial charge >= 0.3 is 151 Å². The first-order valence-electron chi connectivity index (χ1n) is 8.93. The molecule has 0 saturated carbocycles. The van der Waals surface area contributed by atoms with Gasteiger partial charge in [-0.25, -0.2) is 0 Å². The van der Waals surface area contributed by atoms with E-state index in [4.69, 9.17) is 0 Å². The molecule has 4 aromatic rings. The molecular formula is C23H22GeN2. The van der Waals surface area contributed by atoms with Crippen LogP contribution in [0.2, 0.25) is 17.3 Å². The molecule has 0 aliphatic heterocycles. The average Bonchev–Trinajstić information content (AvgIpc) is 2.67. The van der Waals surface area contributed by atoms with Crippen LogP contribution in [0.5, 0.6) is 0 Å². The molecule has 0 saturated heterocycles. The van der Waals surface area contributed by atoms with E-state index in [0.29, 0.717) is 0 Å². The van der Waals surface area contributed by atoms with E-state index in [1.807, 2.05) is 6.07 Å². The molecule has 0 unspecified atom stereocenters. The third-order valence-corrected chi connectivity index (χ3v) is 9.05. The van der Waals surface area contributed by atoms with Gasteiger partial charge in [-0.05, 0) is 0 Å². The molecule has 0 fully saturated rings. The summed E-state index contributed by atoms with van der Waals surface area (Å²) < 4.78 is 1.47. The van der Waals surface area contributed by atoms with Crippen molar-refractivity contribution >= 4 is 28.6 Å². The first-order valence-corrected chi connectivity index (χ1v) is 16.3. The topological polar surface area (TPSA) is 25.8 Å². The number of aromatic nitrogens is 2. The van der Waals surface area contributed by atoms with Gasteiger partial charge in [0.15, 0.2) is 0 Å². The molecule has 0 bridgehead atoms. The molecule has 4 rings (SSSR count). The Morgan fingerprint density at radius 2 is 1.31 bits per heavy atom. The molecule has 128 valence electrons. The summed E-state index contributed by atoms with van der Waals surface area (Å²) in [6, 6.07) is 25.8. The zero-order valence-corrected chi connectivity index (χ0v) is 17.5. The molecule has 1 aromatic heterocycles. The van der Waals surface area contributed by atoms with Crippen molar-refractivity contribution in [3.8, 4) is 22.4 Å². The fraction of sp³-hybridized carbons (Fsp3) is 0.130. The van der Waals surface area contributed by atoms with E-state index in [1.165, 1.54) is 15.5 Å². The Morgan fingerprint density at radius 3 is 2.00 bits per heavy atom. The molecule has 0 spiro atoms. The van der Waals surface area contributed by atoms with Crippen molar-refractivity contribution in [1.29, 1.82) is 0 Å². The van der Waals surface area contributed by atoms with Gasteiger partial charge in [-0.1, -0.05) is 6.07 Å². The van der Waals surface area contributed by atoms with Crippen molar-refractivity contribution in [2.45, 2.75) is 17.3 Å². The third-order valence-electron chi connectivity index (χ3n) is 4.77. The van der Waals surface area contributed by atoms with Gasteiger partial charge in [-0.15, -0.1) is 0 Å². The van der Waals surface area contributed by atoms with Crippen LogP contribution in [0.15, 0.2) is 79.1 Å². The molecule has 0 atom stereocenters.